The van der Waals surface area contributed by atoms with E-state index in [1.54, 1.807) is 25.1 Å². The third kappa shape index (κ3) is 2.45. The van der Waals surface area contributed by atoms with Crippen LogP contribution in [0.3, 0.4) is 0 Å². The van der Waals surface area contributed by atoms with Crippen molar-refractivity contribution in [3.63, 3.8) is 0 Å². The molecular weight excluding hydrogens is 242 g/mol. The lowest BCUT2D eigenvalue weighted by Gasteiger charge is -2.19. The minimum atomic E-state index is -0.472. The Kier molecular flexibility index (Phi) is 3.55. The number of carbonyl (C=O) groups is 1. The van der Waals surface area contributed by atoms with Gasteiger partial charge in [0, 0.05) is 23.3 Å². The molecule has 1 aliphatic rings. The molecule has 1 aromatic rings. The van der Waals surface area contributed by atoms with Crippen LogP contribution in [0.15, 0.2) is 36.0 Å². The molecule has 100 valence electrons. The molecule has 1 aliphatic heterocycles. The van der Waals surface area contributed by atoms with Crippen molar-refractivity contribution in [2.75, 3.05) is 7.11 Å². The molecule has 2 rings (SSSR count). The lowest BCUT2D eigenvalue weighted by molar-refractivity contribution is -0.114. The molecule has 3 N–H and O–H groups in total. The predicted octanol–water partition coefficient (Wildman–Crippen LogP) is 1.49. The molecule has 0 saturated heterocycles. The van der Waals surface area contributed by atoms with Gasteiger partial charge in [-0.2, -0.15) is 0 Å². The maximum Gasteiger partial charge on any atom is 0.246 e. The zero-order valence-electron chi connectivity index (χ0n) is 11.0. The normalized spacial score (nSPS) is 18.4. The predicted molar refractivity (Wildman–Crippen MR) is 72.7 cm³/mol. The SMILES string of the molecule is COc1ccccc1CN1C=C(C(N)=O)C(C)C1=N. The first-order valence-electron chi connectivity index (χ1n) is 6.03. The Morgan fingerprint density at radius 2 is 2.16 bits per heavy atom. The third-order valence-electron chi connectivity index (χ3n) is 3.30. The molecule has 5 nitrogen and oxygen atoms in total. The first-order chi connectivity index (χ1) is 9.04. The van der Waals surface area contributed by atoms with Gasteiger partial charge in [-0.25, -0.2) is 0 Å². The summed E-state index contributed by atoms with van der Waals surface area (Å²) in [5, 5.41) is 8.04. The van der Waals surface area contributed by atoms with E-state index in [2.05, 4.69) is 0 Å². The average Bonchev–Trinajstić information content (AvgIpc) is 2.68. The lowest BCUT2D eigenvalue weighted by Crippen LogP contribution is -2.25. The quantitative estimate of drug-likeness (QED) is 0.859. The molecule has 0 fully saturated rings. The number of hydrogen-bond donors (Lipinski definition) is 2. The van der Waals surface area contributed by atoms with Crippen LogP contribution in [0.2, 0.25) is 0 Å². The van der Waals surface area contributed by atoms with Crippen LogP contribution in [0.4, 0.5) is 0 Å². The van der Waals surface area contributed by atoms with E-state index in [9.17, 15) is 4.79 Å². The highest BCUT2D eigenvalue weighted by molar-refractivity contribution is 6.03. The Morgan fingerprint density at radius 3 is 2.74 bits per heavy atom. The zero-order chi connectivity index (χ0) is 14.0. The molecule has 1 amide bonds. The second kappa shape index (κ2) is 5.14. The van der Waals surface area contributed by atoms with Gasteiger partial charge < -0.3 is 15.4 Å². The smallest absolute Gasteiger partial charge is 0.246 e. The Labute approximate surface area is 112 Å². The van der Waals surface area contributed by atoms with Crippen LogP contribution in [0.1, 0.15) is 12.5 Å². The van der Waals surface area contributed by atoms with Gasteiger partial charge in [-0.1, -0.05) is 25.1 Å². The highest BCUT2D eigenvalue weighted by Crippen LogP contribution is 2.27. The number of amidine groups is 1. The summed E-state index contributed by atoms with van der Waals surface area (Å²) in [6.45, 7) is 2.30. The number of nitrogens with zero attached hydrogens (tertiary/aromatic N) is 1. The van der Waals surface area contributed by atoms with Gasteiger partial charge >= 0.3 is 0 Å². The van der Waals surface area contributed by atoms with E-state index in [1.165, 1.54) is 0 Å². The van der Waals surface area contributed by atoms with Gasteiger partial charge in [0.15, 0.2) is 0 Å². The Balaban J connectivity index is 2.24. The molecule has 0 saturated carbocycles. The Morgan fingerprint density at radius 1 is 1.47 bits per heavy atom. The highest BCUT2D eigenvalue weighted by atomic mass is 16.5. The highest BCUT2D eigenvalue weighted by Gasteiger charge is 2.30. The fraction of sp³-hybridized carbons (Fsp3) is 0.286. The van der Waals surface area contributed by atoms with Crippen molar-refractivity contribution in [1.82, 2.24) is 4.90 Å². The summed E-state index contributed by atoms with van der Waals surface area (Å²) in [6.07, 6.45) is 1.65. The molecule has 0 aliphatic carbocycles. The molecule has 1 unspecified atom stereocenters. The second-order valence-corrected chi connectivity index (χ2v) is 4.50. The van der Waals surface area contributed by atoms with E-state index in [4.69, 9.17) is 15.9 Å². The van der Waals surface area contributed by atoms with Crippen molar-refractivity contribution in [2.45, 2.75) is 13.5 Å². The summed E-state index contributed by atoms with van der Waals surface area (Å²) in [5.41, 5.74) is 6.74. The molecule has 0 radical (unpaired) electrons. The summed E-state index contributed by atoms with van der Waals surface area (Å²) in [4.78, 5) is 13.0. The molecule has 5 heteroatoms. The van der Waals surface area contributed by atoms with Crippen LogP contribution in [-0.2, 0) is 11.3 Å². The molecule has 1 aromatic carbocycles. The second-order valence-electron chi connectivity index (χ2n) is 4.50. The minimum Gasteiger partial charge on any atom is -0.496 e. The number of benzene rings is 1. The monoisotopic (exact) mass is 259 g/mol. The number of nitrogens with two attached hydrogens (primary N) is 1. The number of amides is 1. The average molecular weight is 259 g/mol. The zero-order valence-corrected chi connectivity index (χ0v) is 11.0. The van der Waals surface area contributed by atoms with Gasteiger partial charge in [0.05, 0.1) is 13.7 Å². The largest absolute Gasteiger partial charge is 0.496 e. The van der Waals surface area contributed by atoms with Crippen molar-refractivity contribution in [3.05, 3.63) is 41.6 Å². The van der Waals surface area contributed by atoms with Gasteiger partial charge in [-0.3, -0.25) is 10.2 Å². The minimum absolute atomic E-state index is 0.257. The van der Waals surface area contributed by atoms with Gasteiger partial charge in [0.25, 0.3) is 0 Å². The first kappa shape index (κ1) is 13.1. The number of ether oxygens (including phenoxy) is 1. The molecule has 0 spiro atoms. The van der Waals surface area contributed by atoms with E-state index >= 15 is 0 Å². The van der Waals surface area contributed by atoms with Crippen molar-refractivity contribution < 1.29 is 9.53 Å². The van der Waals surface area contributed by atoms with E-state index in [-0.39, 0.29) is 5.92 Å². The fourth-order valence-electron chi connectivity index (χ4n) is 2.17. The summed E-state index contributed by atoms with van der Waals surface area (Å²) in [5.74, 6) is 0.413. The standard InChI is InChI=1S/C14H17N3O2/c1-9-11(14(16)18)8-17(13(9)15)7-10-5-3-4-6-12(10)19-2/h3-6,8-9,15H,7H2,1-2H3,(H2,16,18). The van der Waals surface area contributed by atoms with Crippen LogP contribution in [0.25, 0.3) is 0 Å². The molecule has 0 aromatic heterocycles. The van der Waals surface area contributed by atoms with Crippen molar-refractivity contribution >= 4 is 11.7 Å². The van der Waals surface area contributed by atoms with E-state index in [1.807, 2.05) is 24.3 Å². The number of rotatable bonds is 4. The lowest BCUT2D eigenvalue weighted by atomic mass is 10.0. The number of para-hydroxylation sites is 1. The van der Waals surface area contributed by atoms with Crippen molar-refractivity contribution in [2.24, 2.45) is 11.7 Å². The fourth-order valence-corrected chi connectivity index (χ4v) is 2.17. The molecule has 19 heavy (non-hydrogen) atoms. The van der Waals surface area contributed by atoms with Gasteiger partial charge in [-0.05, 0) is 6.07 Å². The summed E-state index contributed by atoms with van der Waals surface area (Å²) in [7, 11) is 1.61. The van der Waals surface area contributed by atoms with Gasteiger partial charge in [0.1, 0.15) is 11.6 Å². The van der Waals surface area contributed by atoms with E-state index in [0.717, 1.165) is 11.3 Å². The molecule has 0 bridgehead atoms. The molecular formula is C14H17N3O2. The van der Waals surface area contributed by atoms with Crippen molar-refractivity contribution in [1.29, 1.82) is 5.41 Å². The van der Waals surface area contributed by atoms with Crippen LogP contribution < -0.4 is 10.5 Å². The van der Waals surface area contributed by atoms with Crippen molar-refractivity contribution in [3.8, 4) is 5.75 Å². The number of primary amides is 1. The number of methoxy groups -OCH3 is 1. The Bertz CT molecular complexity index is 551. The molecule has 1 atom stereocenters. The maximum absolute atomic E-state index is 11.3. The van der Waals surface area contributed by atoms with Crippen LogP contribution >= 0.6 is 0 Å². The van der Waals surface area contributed by atoms with E-state index in [0.29, 0.717) is 18.0 Å². The summed E-state index contributed by atoms with van der Waals surface area (Å²) in [6, 6.07) is 7.62. The Hall–Kier alpha value is -2.30. The summed E-state index contributed by atoms with van der Waals surface area (Å²) < 4.78 is 5.28. The van der Waals surface area contributed by atoms with Crippen LogP contribution in [-0.4, -0.2) is 23.8 Å². The maximum atomic E-state index is 11.3. The van der Waals surface area contributed by atoms with Gasteiger partial charge in [-0.15, -0.1) is 0 Å². The van der Waals surface area contributed by atoms with E-state index < -0.39 is 5.91 Å². The first-order valence-corrected chi connectivity index (χ1v) is 6.03. The molecule has 1 heterocycles. The van der Waals surface area contributed by atoms with Crippen LogP contribution in [0, 0.1) is 11.3 Å². The number of nitrogens with one attached hydrogen (secondary N) is 1. The number of carbonyl (C=O) groups excluding carboxylic acids is 1. The topological polar surface area (TPSA) is 79.4 Å². The van der Waals surface area contributed by atoms with Crippen LogP contribution in [0.5, 0.6) is 5.75 Å². The van der Waals surface area contributed by atoms with Gasteiger partial charge in [0.2, 0.25) is 5.91 Å². The third-order valence-corrected chi connectivity index (χ3v) is 3.30. The number of hydrogen-bond acceptors (Lipinski definition) is 3. The summed E-state index contributed by atoms with van der Waals surface area (Å²) >= 11 is 0.